The molecule has 2 aromatic carbocycles. The van der Waals surface area contributed by atoms with E-state index < -0.39 is 17.7 Å². The molecule has 0 fully saturated rings. The number of fused-ring (bicyclic) bond motifs is 1. The van der Waals surface area contributed by atoms with Crippen molar-refractivity contribution in [3.05, 3.63) is 77.8 Å². The van der Waals surface area contributed by atoms with Crippen molar-refractivity contribution in [2.45, 2.75) is 38.8 Å². The molecule has 33 heavy (non-hydrogen) atoms. The van der Waals surface area contributed by atoms with Gasteiger partial charge in [-0.05, 0) is 61.6 Å². The Balaban J connectivity index is 1.53. The highest BCUT2D eigenvalue weighted by molar-refractivity contribution is 6.00. The molecule has 7 nitrogen and oxygen atoms in total. The number of hydrogen-bond donors (Lipinski definition) is 2. The van der Waals surface area contributed by atoms with Crippen LogP contribution in [0.25, 0.3) is 17.3 Å². The number of benzene rings is 2. The van der Waals surface area contributed by atoms with Crippen LogP contribution < -0.4 is 10.6 Å². The summed E-state index contributed by atoms with van der Waals surface area (Å²) in [4.78, 5) is 29.9. The second-order valence-corrected chi connectivity index (χ2v) is 9.13. The van der Waals surface area contributed by atoms with Gasteiger partial charge in [0.1, 0.15) is 11.6 Å². The van der Waals surface area contributed by atoms with E-state index in [9.17, 15) is 9.59 Å². The van der Waals surface area contributed by atoms with E-state index in [-0.39, 0.29) is 5.91 Å². The molecule has 1 aromatic heterocycles. The molecule has 1 aliphatic rings. The summed E-state index contributed by atoms with van der Waals surface area (Å²) in [6.07, 6.45) is 5.45. The van der Waals surface area contributed by atoms with Gasteiger partial charge in [-0.25, -0.2) is 9.78 Å². The molecule has 0 unspecified atom stereocenters. The van der Waals surface area contributed by atoms with Crippen molar-refractivity contribution in [2.75, 3.05) is 5.32 Å². The molecular weight excluding hydrogens is 416 g/mol. The lowest BCUT2D eigenvalue weighted by Crippen LogP contribution is -2.47. The number of ether oxygens (including phenoxy) is 1. The number of nitrogens with one attached hydrogen (secondary N) is 2. The van der Waals surface area contributed by atoms with E-state index in [1.807, 2.05) is 66.2 Å². The first-order chi connectivity index (χ1) is 15.7. The predicted molar refractivity (Wildman–Crippen MR) is 129 cm³/mol. The van der Waals surface area contributed by atoms with Gasteiger partial charge in [-0.3, -0.25) is 4.79 Å². The molecule has 4 rings (SSSR count). The van der Waals surface area contributed by atoms with Crippen molar-refractivity contribution < 1.29 is 14.3 Å². The molecule has 0 aliphatic heterocycles. The average molecular weight is 445 g/mol. The number of aryl methyl sites for hydroxylation is 1. The van der Waals surface area contributed by atoms with Gasteiger partial charge in [0.15, 0.2) is 0 Å². The lowest BCUT2D eigenvalue weighted by Gasteiger charge is -2.24. The van der Waals surface area contributed by atoms with Crippen LogP contribution in [0.4, 0.5) is 10.5 Å². The quantitative estimate of drug-likeness (QED) is 0.604. The minimum Gasteiger partial charge on any atom is -0.444 e. The largest absolute Gasteiger partial charge is 0.444 e. The molecule has 0 radical (unpaired) electrons. The van der Waals surface area contributed by atoms with E-state index in [2.05, 4.69) is 15.6 Å². The van der Waals surface area contributed by atoms with Gasteiger partial charge in [0, 0.05) is 12.7 Å². The maximum atomic E-state index is 13.3. The number of anilines is 1. The van der Waals surface area contributed by atoms with E-state index in [4.69, 9.17) is 4.74 Å². The van der Waals surface area contributed by atoms with Crippen LogP contribution in [0.5, 0.6) is 0 Å². The third kappa shape index (κ3) is 5.31. The number of nitrogens with zero attached hydrogens (tertiary/aromatic N) is 2. The van der Waals surface area contributed by atoms with Crippen LogP contribution in [-0.2, 0) is 23.0 Å². The molecule has 7 heteroatoms. The topological polar surface area (TPSA) is 85.3 Å². The van der Waals surface area contributed by atoms with Gasteiger partial charge in [-0.2, -0.15) is 0 Å². The fourth-order valence-corrected chi connectivity index (χ4v) is 3.82. The van der Waals surface area contributed by atoms with Crippen molar-refractivity contribution in [3.63, 3.8) is 0 Å². The number of imidazole rings is 1. The monoisotopic (exact) mass is 444 g/mol. The zero-order chi connectivity index (χ0) is 23.6. The van der Waals surface area contributed by atoms with E-state index in [0.717, 1.165) is 28.0 Å². The molecule has 0 saturated heterocycles. The van der Waals surface area contributed by atoms with Crippen molar-refractivity contribution in [1.82, 2.24) is 14.9 Å². The lowest BCUT2D eigenvalue weighted by atomic mass is 10.0. The van der Waals surface area contributed by atoms with Gasteiger partial charge in [0.2, 0.25) is 0 Å². The fourth-order valence-electron chi connectivity index (χ4n) is 3.82. The third-order valence-electron chi connectivity index (χ3n) is 5.35. The predicted octanol–water partition coefficient (Wildman–Crippen LogP) is 4.56. The Morgan fingerprint density at radius 2 is 1.82 bits per heavy atom. The first-order valence-electron chi connectivity index (χ1n) is 10.8. The summed E-state index contributed by atoms with van der Waals surface area (Å²) < 4.78 is 7.34. The van der Waals surface area contributed by atoms with Gasteiger partial charge >= 0.3 is 6.09 Å². The van der Waals surface area contributed by atoms with Crippen molar-refractivity contribution >= 4 is 23.8 Å². The summed E-state index contributed by atoms with van der Waals surface area (Å²) in [6, 6.07) is 14.6. The standard InChI is InChI=1S/C26H28N4O3/c1-26(2,3)33-25(32)29-23(20-13-18-7-5-6-8-19(18)14-20)24(31)28-21-11-9-17(10-12-21)22-15-27-16-30(22)4/h5-13,15-16,23H,14H2,1-4H3,(H,28,31)(H,29,32)/t23-/m0/s1. The molecule has 3 aromatic rings. The number of carbonyl (C=O) groups is 2. The third-order valence-corrected chi connectivity index (χ3v) is 5.35. The Bertz CT molecular complexity index is 1200. The van der Waals surface area contributed by atoms with Gasteiger partial charge in [-0.15, -0.1) is 0 Å². The molecule has 0 bridgehead atoms. The number of alkyl carbamates (subject to hydrolysis) is 1. The molecule has 2 amide bonds. The van der Waals surface area contributed by atoms with Gasteiger partial charge < -0.3 is 19.9 Å². The first-order valence-corrected chi connectivity index (χ1v) is 10.8. The van der Waals surface area contributed by atoms with Crippen molar-refractivity contribution in [3.8, 4) is 11.3 Å². The molecule has 1 aliphatic carbocycles. The van der Waals surface area contributed by atoms with Crippen LogP contribution >= 0.6 is 0 Å². The summed E-state index contributed by atoms with van der Waals surface area (Å²) in [6.45, 7) is 5.36. The van der Waals surface area contributed by atoms with Crippen molar-refractivity contribution in [2.24, 2.45) is 7.05 Å². The van der Waals surface area contributed by atoms with Crippen LogP contribution in [0.15, 0.2) is 66.6 Å². The molecule has 1 atom stereocenters. The minimum atomic E-state index is -0.857. The maximum absolute atomic E-state index is 13.3. The van der Waals surface area contributed by atoms with E-state index in [1.165, 1.54) is 0 Å². The molecule has 170 valence electrons. The van der Waals surface area contributed by atoms with Crippen LogP contribution in [0, 0.1) is 0 Å². The normalized spacial score (nSPS) is 13.6. The smallest absolute Gasteiger partial charge is 0.408 e. The molecule has 0 spiro atoms. The SMILES string of the molecule is Cn1cncc1-c1ccc(NC(=O)[C@@H](NC(=O)OC(C)(C)C)C2=Cc3ccccc3C2)cc1. The number of aromatic nitrogens is 2. The highest BCUT2D eigenvalue weighted by Crippen LogP contribution is 2.28. The Morgan fingerprint density at radius 1 is 1.09 bits per heavy atom. The highest BCUT2D eigenvalue weighted by Gasteiger charge is 2.30. The molecule has 0 saturated carbocycles. The fraction of sp³-hybridized carbons (Fsp3) is 0.269. The average Bonchev–Trinajstić information content (AvgIpc) is 3.37. The van der Waals surface area contributed by atoms with Gasteiger partial charge in [-0.1, -0.05) is 42.5 Å². The Labute approximate surface area is 193 Å². The second kappa shape index (κ2) is 8.94. The Hall–Kier alpha value is -3.87. The highest BCUT2D eigenvalue weighted by atomic mass is 16.6. The maximum Gasteiger partial charge on any atom is 0.408 e. The summed E-state index contributed by atoms with van der Waals surface area (Å²) in [7, 11) is 1.93. The zero-order valence-electron chi connectivity index (χ0n) is 19.3. The first kappa shape index (κ1) is 22.3. The summed E-state index contributed by atoms with van der Waals surface area (Å²) >= 11 is 0. The number of carbonyl (C=O) groups excluding carboxylic acids is 2. The van der Waals surface area contributed by atoms with Crippen LogP contribution in [0.2, 0.25) is 0 Å². The van der Waals surface area contributed by atoms with E-state index in [0.29, 0.717) is 12.1 Å². The van der Waals surface area contributed by atoms with Crippen LogP contribution in [0.1, 0.15) is 31.9 Å². The minimum absolute atomic E-state index is 0.326. The lowest BCUT2D eigenvalue weighted by molar-refractivity contribution is -0.117. The van der Waals surface area contributed by atoms with E-state index in [1.54, 1.807) is 33.3 Å². The van der Waals surface area contributed by atoms with E-state index >= 15 is 0 Å². The number of rotatable bonds is 5. The van der Waals surface area contributed by atoms with Gasteiger partial charge in [0.25, 0.3) is 5.91 Å². The summed E-state index contributed by atoms with van der Waals surface area (Å²) in [5.74, 6) is -0.326. The second-order valence-electron chi connectivity index (χ2n) is 9.13. The Kier molecular flexibility index (Phi) is 6.05. The summed E-state index contributed by atoms with van der Waals surface area (Å²) in [5, 5.41) is 5.69. The van der Waals surface area contributed by atoms with Crippen LogP contribution in [-0.4, -0.2) is 33.2 Å². The van der Waals surface area contributed by atoms with Crippen molar-refractivity contribution in [1.29, 1.82) is 0 Å². The number of hydrogen-bond acceptors (Lipinski definition) is 4. The molecule has 1 heterocycles. The molecule has 2 N–H and O–H groups in total. The Morgan fingerprint density at radius 3 is 2.45 bits per heavy atom. The zero-order valence-corrected chi connectivity index (χ0v) is 19.3. The van der Waals surface area contributed by atoms with Gasteiger partial charge in [0.05, 0.1) is 18.2 Å². The summed E-state index contributed by atoms with van der Waals surface area (Å²) in [5.41, 5.74) is 4.93. The number of amides is 2. The molecular formula is C26H28N4O3. The van der Waals surface area contributed by atoms with Crippen LogP contribution in [0.3, 0.4) is 0 Å².